The summed E-state index contributed by atoms with van der Waals surface area (Å²) in [4.78, 5) is 0. The molecule has 0 aliphatic carbocycles. The van der Waals surface area contributed by atoms with Crippen LogP contribution in [0, 0.1) is 0 Å². The third-order valence-corrected chi connectivity index (χ3v) is 0. The predicted octanol–water partition coefficient (Wildman–Crippen LogP) is 0.0574. The average Bonchev–Trinajstić information content (AvgIpc) is 0.722. The minimum Gasteiger partial charge on any atom is -0.250 e. The zero-order valence-corrected chi connectivity index (χ0v) is 5.88. The molecule has 0 N–H and O–H groups in total. The molecule has 0 heterocycles. The number of hydrogen-bond acceptors (Lipinski definition) is 0. The second kappa shape index (κ2) is 1.09. The van der Waals surface area contributed by atoms with E-state index in [2.05, 4.69) is 0 Å². The lowest BCUT2D eigenvalue weighted by Gasteiger charge is -2.00. The van der Waals surface area contributed by atoms with Gasteiger partial charge < -0.3 is 0 Å². The van der Waals surface area contributed by atoms with Gasteiger partial charge in [-0.25, -0.2) is 4.39 Å². The van der Waals surface area contributed by atoms with Crippen molar-refractivity contribution < 1.29 is 4.39 Å². The van der Waals surface area contributed by atoms with E-state index in [1.165, 1.54) is 0 Å². The van der Waals surface area contributed by atoms with E-state index in [-0.39, 0.29) is 0 Å². The molecule has 0 atom stereocenters. The van der Waals surface area contributed by atoms with E-state index in [9.17, 15) is 4.39 Å². The van der Waals surface area contributed by atoms with Crippen LogP contribution in [0.1, 0.15) is 13.8 Å². The van der Waals surface area contributed by atoms with Crippen LogP contribution < -0.4 is 0 Å². The van der Waals surface area contributed by atoms with E-state index >= 15 is 0 Å². The predicted molar refractivity (Wildman–Crippen MR) is 25.1 cm³/mol. The Morgan fingerprint density at radius 3 is 1.60 bits per heavy atom. The number of hydrogen-bond donors (Lipinski definition) is 0. The van der Waals surface area contributed by atoms with Crippen molar-refractivity contribution in [1.29, 1.82) is 0 Å². The summed E-state index contributed by atoms with van der Waals surface area (Å²) in [6, 6.07) is 0. The minimum absolute atomic E-state index is 0.641. The maximum absolute atomic E-state index is 11.7. The summed E-state index contributed by atoms with van der Waals surface area (Å²) in [5, 5.41) is -0.861. The summed E-state index contributed by atoms with van der Waals surface area (Å²) in [7, 11) is 0.641. The molecule has 0 bridgehead atoms. The molecule has 32 valence electrons. The van der Waals surface area contributed by atoms with E-state index in [0.29, 0.717) is 10.2 Å². The van der Waals surface area contributed by atoms with E-state index in [0.717, 1.165) is 0 Å². The van der Waals surface area contributed by atoms with E-state index in [1.807, 2.05) is 0 Å². The Labute approximate surface area is 34.8 Å². The molecule has 5 heavy (non-hydrogen) atoms. The standard InChI is InChI=1S/C3H9FSi/c1-3(2,4)5/h1-2,5H3. The molecule has 0 fully saturated rings. The Morgan fingerprint density at radius 1 is 1.60 bits per heavy atom. The molecule has 0 aromatic heterocycles. The number of halogens is 1. The lowest BCUT2D eigenvalue weighted by Crippen LogP contribution is -2.09. The highest BCUT2D eigenvalue weighted by atomic mass is 28.1. The summed E-state index contributed by atoms with van der Waals surface area (Å²) in [5.41, 5.74) is 0. The van der Waals surface area contributed by atoms with Crippen molar-refractivity contribution in [2.24, 2.45) is 0 Å². The molecular weight excluding hydrogens is 83.1 g/mol. The SMILES string of the molecule is CC(C)(F)[SiH3]. The van der Waals surface area contributed by atoms with Gasteiger partial charge in [0.15, 0.2) is 0 Å². The fourth-order valence-corrected chi connectivity index (χ4v) is 0. The molecule has 0 aliphatic rings. The van der Waals surface area contributed by atoms with Gasteiger partial charge >= 0.3 is 0 Å². The second-order valence-electron chi connectivity index (χ2n) is 2.07. The molecule has 0 aromatic carbocycles. The van der Waals surface area contributed by atoms with Crippen molar-refractivity contribution >= 4 is 10.2 Å². The summed E-state index contributed by atoms with van der Waals surface area (Å²) in [6.07, 6.45) is 0. The zero-order chi connectivity index (χ0) is 4.50. The first-order valence-corrected chi connectivity index (χ1v) is 2.69. The van der Waals surface area contributed by atoms with Gasteiger partial charge in [0.25, 0.3) is 0 Å². The highest BCUT2D eigenvalue weighted by Crippen LogP contribution is 1.97. The van der Waals surface area contributed by atoms with Gasteiger partial charge in [-0.2, -0.15) is 0 Å². The van der Waals surface area contributed by atoms with Gasteiger partial charge in [-0.1, -0.05) is 0 Å². The van der Waals surface area contributed by atoms with Crippen LogP contribution in [0.5, 0.6) is 0 Å². The largest absolute Gasteiger partial charge is 0.250 e. The molecule has 0 nitrogen and oxygen atoms in total. The Morgan fingerprint density at radius 2 is 1.60 bits per heavy atom. The number of alkyl halides is 1. The molecule has 0 spiro atoms. The van der Waals surface area contributed by atoms with E-state index in [1.54, 1.807) is 13.8 Å². The van der Waals surface area contributed by atoms with Crippen molar-refractivity contribution in [3.8, 4) is 0 Å². The average molecular weight is 92.2 g/mol. The molecule has 0 radical (unpaired) electrons. The van der Waals surface area contributed by atoms with Gasteiger partial charge in [0.1, 0.15) is 0 Å². The monoisotopic (exact) mass is 92.0 g/mol. The lowest BCUT2D eigenvalue weighted by molar-refractivity contribution is 0.335. The van der Waals surface area contributed by atoms with Gasteiger partial charge in [-0.05, 0) is 13.8 Å². The zero-order valence-electron chi connectivity index (χ0n) is 3.88. The van der Waals surface area contributed by atoms with Gasteiger partial charge in [0.2, 0.25) is 0 Å². The number of rotatable bonds is 0. The highest BCUT2D eigenvalue weighted by molar-refractivity contribution is 6.13. The van der Waals surface area contributed by atoms with Gasteiger partial charge in [-0.3, -0.25) is 0 Å². The first kappa shape index (κ1) is 5.15. The van der Waals surface area contributed by atoms with Gasteiger partial charge in [-0.15, -0.1) is 0 Å². The molecule has 0 saturated carbocycles. The van der Waals surface area contributed by atoms with Crippen LogP contribution in [0.4, 0.5) is 4.39 Å². The maximum Gasteiger partial charge on any atom is 0.0842 e. The van der Waals surface area contributed by atoms with E-state index < -0.39 is 5.29 Å². The van der Waals surface area contributed by atoms with Crippen molar-refractivity contribution in [2.45, 2.75) is 19.1 Å². The maximum atomic E-state index is 11.7. The summed E-state index contributed by atoms with van der Waals surface area (Å²) in [6.45, 7) is 3.17. The third kappa shape index (κ3) is 886. The quantitative estimate of drug-likeness (QED) is 0.371. The van der Waals surface area contributed by atoms with Crippen molar-refractivity contribution in [2.75, 3.05) is 0 Å². The molecule has 0 rings (SSSR count). The first-order valence-electron chi connectivity index (χ1n) is 1.69. The summed E-state index contributed by atoms with van der Waals surface area (Å²) in [5.74, 6) is 0. The smallest absolute Gasteiger partial charge is 0.0842 e. The Kier molecular flexibility index (Phi) is 1.12. The Hall–Kier alpha value is 0.147. The van der Waals surface area contributed by atoms with Crippen LogP contribution >= 0.6 is 0 Å². The van der Waals surface area contributed by atoms with Crippen LogP contribution in [0.25, 0.3) is 0 Å². The highest BCUT2D eigenvalue weighted by Gasteiger charge is 2.01. The molecular formula is C3H9FSi. The minimum atomic E-state index is -0.861. The second-order valence-corrected chi connectivity index (χ2v) is 4.44. The lowest BCUT2D eigenvalue weighted by atomic mass is 10.5. The normalized spacial score (nSPS) is 12.6. The fraction of sp³-hybridized carbons (Fsp3) is 1.00. The topological polar surface area (TPSA) is 0 Å². The van der Waals surface area contributed by atoms with Crippen LogP contribution in [-0.4, -0.2) is 15.5 Å². The molecule has 0 unspecified atom stereocenters. The van der Waals surface area contributed by atoms with Crippen LogP contribution in [-0.2, 0) is 0 Å². The van der Waals surface area contributed by atoms with Crippen LogP contribution in [0.2, 0.25) is 0 Å². The van der Waals surface area contributed by atoms with Crippen molar-refractivity contribution in [3.05, 3.63) is 0 Å². The van der Waals surface area contributed by atoms with Crippen LogP contribution in [0.15, 0.2) is 0 Å². The fourth-order valence-electron chi connectivity index (χ4n) is 0. The molecule has 0 saturated heterocycles. The molecule has 2 heteroatoms. The molecule has 0 aromatic rings. The Balaban J connectivity index is 3.02. The van der Waals surface area contributed by atoms with Crippen molar-refractivity contribution in [3.63, 3.8) is 0 Å². The Bertz CT molecular complexity index is 22.4. The first-order chi connectivity index (χ1) is 2.00. The third-order valence-electron chi connectivity index (χ3n) is 0. The molecule has 0 aliphatic heterocycles. The van der Waals surface area contributed by atoms with Crippen molar-refractivity contribution in [1.82, 2.24) is 0 Å². The summed E-state index contributed by atoms with van der Waals surface area (Å²) >= 11 is 0. The van der Waals surface area contributed by atoms with E-state index in [4.69, 9.17) is 0 Å². The van der Waals surface area contributed by atoms with Gasteiger partial charge in [0.05, 0.1) is 5.29 Å². The molecule has 0 amide bonds. The summed E-state index contributed by atoms with van der Waals surface area (Å²) < 4.78 is 11.7. The van der Waals surface area contributed by atoms with Crippen LogP contribution in [0.3, 0.4) is 0 Å². The van der Waals surface area contributed by atoms with Gasteiger partial charge in [0, 0.05) is 10.2 Å².